The molecule has 1 atom stereocenters. The van der Waals surface area contributed by atoms with E-state index in [0.29, 0.717) is 26.1 Å². The summed E-state index contributed by atoms with van der Waals surface area (Å²) in [5, 5.41) is 4.51. The Hall–Kier alpha value is -3.48. The zero-order chi connectivity index (χ0) is 23.5. The molecule has 3 heterocycles. The summed E-state index contributed by atoms with van der Waals surface area (Å²) in [7, 11) is 0. The average molecular weight is 446 g/mol. The first-order valence-corrected chi connectivity index (χ1v) is 11.5. The molecule has 0 N–H and O–H groups in total. The van der Waals surface area contributed by atoms with Gasteiger partial charge in [0, 0.05) is 44.1 Å². The molecule has 7 heteroatoms. The number of rotatable bonds is 6. The van der Waals surface area contributed by atoms with Crippen molar-refractivity contribution in [3.8, 4) is 11.1 Å². The van der Waals surface area contributed by atoms with Crippen LogP contribution in [-0.2, 0) is 22.6 Å². The van der Waals surface area contributed by atoms with E-state index >= 15 is 0 Å². The van der Waals surface area contributed by atoms with Crippen molar-refractivity contribution >= 4 is 11.8 Å². The molecule has 33 heavy (non-hydrogen) atoms. The van der Waals surface area contributed by atoms with Crippen LogP contribution in [0.3, 0.4) is 0 Å². The van der Waals surface area contributed by atoms with E-state index in [1.165, 1.54) is 0 Å². The molecule has 2 amide bonds. The van der Waals surface area contributed by atoms with Gasteiger partial charge in [-0.15, -0.1) is 0 Å². The number of carbonyl (C=O) groups excluding carboxylic acids is 2. The molecule has 0 bridgehead atoms. The van der Waals surface area contributed by atoms with E-state index < -0.39 is 6.04 Å². The highest BCUT2D eigenvalue weighted by Gasteiger charge is 2.37. The van der Waals surface area contributed by atoms with Crippen LogP contribution in [0.4, 0.5) is 0 Å². The van der Waals surface area contributed by atoms with Gasteiger partial charge < -0.3 is 9.80 Å². The Kier molecular flexibility index (Phi) is 6.58. The minimum atomic E-state index is -0.504. The van der Waals surface area contributed by atoms with Crippen LogP contribution < -0.4 is 0 Å². The number of aromatic nitrogens is 3. The van der Waals surface area contributed by atoms with Gasteiger partial charge in [0.05, 0.1) is 5.69 Å². The third kappa shape index (κ3) is 4.67. The summed E-state index contributed by atoms with van der Waals surface area (Å²) in [6.07, 6.45) is 4.04. The molecule has 0 unspecified atom stereocenters. The quantitative estimate of drug-likeness (QED) is 0.584. The van der Waals surface area contributed by atoms with Crippen molar-refractivity contribution in [1.82, 2.24) is 24.6 Å². The smallest absolute Gasteiger partial charge is 0.245 e. The van der Waals surface area contributed by atoms with Crippen molar-refractivity contribution < 1.29 is 9.59 Å². The highest BCUT2D eigenvalue weighted by molar-refractivity contribution is 5.89. The van der Waals surface area contributed by atoms with E-state index in [1.807, 2.05) is 56.9 Å². The lowest BCUT2D eigenvalue weighted by molar-refractivity contribution is -0.151. The monoisotopic (exact) mass is 445 g/mol. The van der Waals surface area contributed by atoms with Gasteiger partial charge in [-0.3, -0.25) is 19.3 Å². The summed E-state index contributed by atoms with van der Waals surface area (Å²) < 4.78 is 1.75. The van der Waals surface area contributed by atoms with E-state index in [4.69, 9.17) is 0 Å². The minimum absolute atomic E-state index is 0.0138. The zero-order valence-corrected chi connectivity index (χ0v) is 19.8. The first kappa shape index (κ1) is 22.7. The van der Waals surface area contributed by atoms with Crippen molar-refractivity contribution in [2.75, 3.05) is 19.6 Å². The Bertz CT molecular complexity index is 1140. The Morgan fingerprint density at radius 1 is 1.00 bits per heavy atom. The summed E-state index contributed by atoms with van der Waals surface area (Å²) >= 11 is 0. The fourth-order valence-corrected chi connectivity index (χ4v) is 4.41. The number of piperazine rings is 1. The lowest BCUT2D eigenvalue weighted by Crippen LogP contribution is -2.59. The molecular weight excluding hydrogens is 414 g/mol. The molecular formula is C26H31N5O2. The van der Waals surface area contributed by atoms with Gasteiger partial charge in [0.25, 0.3) is 0 Å². The lowest BCUT2D eigenvalue weighted by Gasteiger charge is -2.40. The molecule has 172 valence electrons. The summed E-state index contributed by atoms with van der Waals surface area (Å²) in [6, 6.07) is 11.6. The largest absolute Gasteiger partial charge is 0.339 e. The Balaban J connectivity index is 1.55. The highest BCUT2D eigenvalue weighted by Crippen LogP contribution is 2.22. The number of benzene rings is 1. The van der Waals surface area contributed by atoms with Crippen LogP contribution in [0.5, 0.6) is 0 Å². The predicted molar refractivity (Wildman–Crippen MR) is 128 cm³/mol. The standard InChI is InChI=1S/C26H31N5O2/c1-5-29-14-15-30(25(32)17-31-20(4)18(2)19(3)28-31)24(26(29)33)16-21-6-8-22(9-7-21)23-10-12-27-13-11-23/h6-13,24H,5,14-17H2,1-4H3/t24-/m1/s1. The Labute approximate surface area is 195 Å². The van der Waals surface area contributed by atoms with Gasteiger partial charge in [-0.25, -0.2) is 0 Å². The number of nitrogens with zero attached hydrogens (tertiary/aromatic N) is 5. The number of carbonyl (C=O) groups is 2. The van der Waals surface area contributed by atoms with Crippen LogP contribution in [0.1, 0.15) is 29.4 Å². The molecule has 0 radical (unpaired) electrons. The first-order valence-electron chi connectivity index (χ1n) is 11.5. The minimum Gasteiger partial charge on any atom is -0.339 e. The van der Waals surface area contributed by atoms with E-state index in [-0.39, 0.29) is 18.4 Å². The number of hydrogen-bond donors (Lipinski definition) is 0. The van der Waals surface area contributed by atoms with Crippen molar-refractivity contribution in [2.24, 2.45) is 0 Å². The molecule has 1 aromatic carbocycles. The molecule has 1 aliphatic rings. The van der Waals surface area contributed by atoms with Crippen LogP contribution in [-0.4, -0.2) is 62.1 Å². The molecule has 1 saturated heterocycles. The Morgan fingerprint density at radius 3 is 2.27 bits per heavy atom. The van der Waals surface area contributed by atoms with Crippen LogP contribution in [0, 0.1) is 20.8 Å². The lowest BCUT2D eigenvalue weighted by atomic mass is 9.98. The molecule has 1 aliphatic heterocycles. The number of aryl methyl sites for hydroxylation is 1. The summed E-state index contributed by atoms with van der Waals surface area (Å²) in [6.45, 7) is 9.82. The number of pyridine rings is 1. The molecule has 2 aromatic heterocycles. The normalized spacial score (nSPS) is 16.4. The topological polar surface area (TPSA) is 71.3 Å². The molecule has 4 rings (SSSR count). The third-order valence-electron chi connectivity index (χ3n) is 6.71. The van der Waals surface area contributed by atoms with Gasteiger partial charge in [0.15, 0.2) is 0 Å². The average Bonchev–Trinajstić information content (AvgIpc) is 3.07. The van der Waals surface area contributed by atoms with Gasteiger partial charge in [-0.1, -0.05) is 24.3 Å². The number of likely N-dealkylation sites (N-methyl/N-ethyl adjacent to an activating group) is 1. The third-order valence-corrected chi connectivity index (χ3v) is 6.71. The fourth-order valence-electron chi connectivity index (χ4n) is 4.41. The van der Waals surface area contributed by atoms with Crippen LogP contribution in [0.25, 0.3) is 11.1 Å². The van der Waals surface area contributed by atoms with Gasteiger partial charge in [-0.2, -0.15) is 5.10 Å². The summed E-state index contributed by atoms with van der Waals surface area (Å²) in [5.74, 6) is -0.0528. The van der Waals surface area contributed by atoms with E-state index in [2.05, 4.69) is 22.2 Å². The van der Waals surface area contributed by atoms with Crippen molar-refractivity contribution in [1.29, 1.82) is 0 Å². The maximum atomic E-state index is 13.3. The summed E-state index contributed by atoms with van der Waals surface area (Å²) in [5.41, 5.74) is 6.24. The van der Waals surface area contributed by atoms with Crippen LogP contribution >= 0.6 is 0 Å². The summed E-state index contributed by atoms with van der Waals surface area (Å²) in [4.78, 5) is 34.2. The Morgan fingerprint density at radius 2 is 1.67 bits per heavy atom. The molecule has 0 aliphatic carbocycles. The first-order chi connectivity index (χ1) is 15.9. The van der Waals surface area contributed by atoms with Crippen LogP contribution in [0.15, 0.2) is 48.8 Å². The predicted octanol–water partition coefficient (Wildman–Crippen LogP) is 3.17. The van der Waals surface area contributed by atoms with E-state index in [1.54, 1.807) is 22.0 Å². The molecule has 3 aromatic rings. The van der Waals surface area contributed by atoms with Crippen molar-refractivity contribution in [2.45, 2.75) is 46.7 Å². The second-order valence-corrected chi connectivity index (χ2v) is 8.61. The maximum Gasteiger partial charge on any atom is 0.245 e. The molecule has 7 nitrogen and oxygen atoms in total. The van der Waals surface area contributed by atoms with Crippen molar-refractivity contribution in [3.63, 3.8) is 0 Å². The highest BCUT2D eigenvalue weighted by atomic mass is 16.2. The van der Waals surface area contributed by atoms with Gasteiger partial charge in [0.2, 0.25) is 11.8 Å². The van der Waals surface area contributed by atoms with Gasteiger partial charge in [0.1, 0.15) is 12.6 Å². The second-order valence-electron chi connectivity index (χ2n) is 8.61. The second kappa shape index (κ2) is 9.57. The van der Waals surface area contributed by atoms with Gasteiger partial charge >= 0.3 is 0 Å². The molecule has 0 saturated carbocycles. The molecule has 0 spiro atoms. The van der Waals surface area contributed by atoms with Gasteiger partial charge in [-0.05, 0) is 62.1 Å². The number of hydrogen-bond acceptors (Lipinski definition) is 4. The number of amides is 2. The SMILES string of the molecule is CCN1CCN(C(=O)Cn2nc(C)c(C)c2C)[C@H](Cc2ccc(-c3ccncc3)cc2)C1=O. The van der Waals surface area contributed by atoms with E-state index in [9.17, 15) is 9.59 Å². The van der Waals surface area contributed by atoms with Crippen LogP contribution in [0.2, 0.25) is 0 Å². The zero-order valence-electron chi connectivity index (χ0n) is 19.8. The molecule has 1 fully saturated rings. The fraction of sp³-hybridized carbons (Fsp3) is 0.385. The van der Waals surface area contributed by atoms with E-state index in [0.717, 1.165) is 33.6 Å². The van der Waals surface area contributed by atoms with Crippen molar-refractivity contribution in [3.05, 3.63) is 71.3 Å². The maximum absolute atomic E-state index is 13.3.